The number of Topliss-reactive ketones (excluding diaryl/α,β-unsaturated/α-hetero) is 1. The van der Waals surface area contributed by atoms with E-state index in [4.69, 9.17) is 0 Å². The summed E-state index contributed by atoms with van der Waals surface area (Å²) in [4.78, 5) is 13.0. The molecule has 4 heteroatoms. The largest absolute Gasteiger partial charge is 0.368 e. The number of hydrogen-bond donors (Lipinski definition) is 1. The average molecular weight is 526 g/mol. The molecule has 35 heavy (non-hydrogen) atoms. The van der Waals surface area contributed by atoms with Crippen molar-refractivity contribution in [1.82, 2.24) is 5.32 Å². The van der Waals surface area contributed by atoms with Gasteiger partial charge in [0, 0.05) is 28.4 Å². The summed E-state index contributed by atoms with van der Waals surface area (Å²) in [5, 5.41) is 5.32. The van der Waals surface area contributed by atoms with Crippen LogP contribution in [-0.2, 0) is 12.8 Å². The number of halogens is 2. The van der Waals surface area contributed by atoms with Gasteiger partial charge in [-0.05, 0) is 88.4 Å². The maximum atomic E-state index is 13.6. The first kappa shape index (κ1) is 23.3. The highest BCUT2D eigenvalue weighted by molar-refractivity contribution is 9.10. The van der Waals surface area contributed by atoms with Crippen molar-refractivity contribution in [1.29, 1.82) is 0 Å². The molecule has 0 aromatic heterocycles. The second-order valence-electron chi connectivity index (χ2n) is 8.77. The van der Waals surface area contributed by atoms with Crippen LogP contribution in [-0.4, -0.2) is 5.78 Å². The number of nitrogens with one attached hydrogen (secondary N) is 1. The second kappa shape index (κ2) is 10.4. The van der Waals surface area contributed by atoms with Gasteiger partial charge in [0.05, 0.1) is 0 Å². The molecular weight excluding hydrogens is 501 g/mol. The molecule has 1 atom stereocenters. The molecule has 1 heterocycles. The number of ketones is 1. The highest BCUT2D eigenvalue weighted by Gasteiger charge is 2.23. The Morgan fingerprint density at radius 3 is 2.49 bits per heavy atom. The molecule has 0 saturated carbocycles. The molecule has 0 fully saturated rings. The van der Waals surface area contributed by atoms with E-state index in [0.29, 0.717) is 5.56 Å². The van der Waals surface area contributed by atoms with Crippen LogP contribution in [0.3, 0.4) is 0 Å². The van der Waals surface area contributed by atoms with Crippen LogP contribution in [0.2, 0.25) is 0 Å². The van der Waals surface area contributed by atoms with E-state index in [1.807, 2.05) is 36.7 Å². The van der Waals surface area contributed by atoms with Gasteiger partial charge >= 0.3 is 0 Å². The van der Waals surface area contributed by atoms with Gasteiger partial charge in [0.1, 0.15) is 5.82 Å². The van der Waals surface area contributed by atoms with E-state index in [1.165, 1.54) is 44.8 Å². The lowest BCUT2D eigenvalue weighted by atomic mass is 9.82. The number of fused-ring (bicyclic) bond motifs is 5. The molecule has 0 radical (unpaired) electrons. The molecule has 1 aliphatic heterocycles. The predicted octanol–water partition coefficient (Wildman–Crippen LogP) is 5.99. The summed E-state index contributed by atoms with van der Waals surface area (Å²) in [5.41, 5.74) is 5.53. The molecule has 0 amide bonds. The quantitative estimate of drug-likeness (QED) is 0.416. The number of allylic oxidation sites excluding steroid dienone is 4. The first-order valence-electron chi connectivity index (χ1n) is 11.8. The van der Waals surface area contributed by atoms with Gasteiger partial charge < -0.3 is 5.32 Å². The normalized spacial score (nSPS) is 16.7. The molecule has 1 N–H and O–H groups in total. The summed E-state index contributed by atoms with van der Waals surface area (Å²) in [6.07, 6.45) is 18.5. The average Bonchev–Trinajstić information content (AvgIpc) is 3.21. The van der Waals surface area contributed by atoms with Crippen LogP contribution in [0.5, 0.6) is 0 Å². The number of aryl methyl sites for hydroxylation is 1. The van der Waals surface area contributed by atoms with Crippen molar-refractivity contribution in [2.24, 2.45) is 5.92 Å². The van der Waals surface area contributed by atoms with Crippen LogP contribution in [0.15, 0.2) is 95.8 Å². The molecule has 0 bridgehead atoms. The zero-order chi connectivity index (χ0) is 24.2. The highest BCUT2D eigenvalue weighted by Crippen LogP contribution is 2.29. The van der Waals surface area contributed by atoms with Crippen molar-refractivity contribution in [3.8, 4) is 11.1 Å². The topological polar surface area (TPSA) is 29.1 Å². The summed E-state index contributed by atoms with van der Waals surface area (Å²) in [7, 11) is 0. The predicted molar refractivity (Wildman–Crippen MR) is 145 cm³/mol. The molecule has 1 unspecified atom stereocenters. The molecule has 3 aromatic carbocycles. The summed E-state index contributed by atoms with van der Waals surface area (Å²) >= 11 is 3.58. The minimum absolute atomic E-state index is 0.00158. The molecule has 6 rings (SSSR count). The van der Waals surface area contributed by atoms with E-state index in [1.54, 1.807) is 12.1 Å². The van der Waals surface area contributed by atoms with E-state index >= 15 is 0 Å². The van der Waals surface area contributed by atoms with Gasteiger partial charge in [0.25, 0.3) is 0 Å². The number of carbonyl (C=O) groups excluding carboxylic acids is 1. The Morgan fingerprint density at radius 2 is 1.69 bits per heavy atom. The third-order valence-corrected chi connectivity index (χ3v) is 7.02. The Morgan fingerprint density at radius 1 is 0.886 bits per heavy atom. The lowest BCUT2D eigenvalue weighted by Gasteiger charge is -2.21. The number of hydrogen-bond acceptors (Lipinski definition) is 2. The lowest BCUT2D eigenvalue weighted by Crippen LogP contribution is -2.37. The smallest absolute Gasteiger partial charge is 0.169 e. The van der Waals surface area contributed by atoms with Gasteiger partial charge in [-0.1, -0.05) is 70.6 Å². The van der Waals surface area contributed by atoms with E-state index < -0.39 is 0 Å². The van der Waals surface area contributed by atoms with Crippen molar-refractivity contribution in [3.05, 3.63) is 129 Å². The molecule has 3 aromatic rings. The van der Waals surface area contributed by atoms with Gasteiger partial charge in [-0.3, -0.25) is 4.79 Å². The summed E-state index contributed by atoms with van der Waals surface area (Å²) in [6, 6.07) is 16.8. The molecule has 0 saturated heterocycles. The zero-order valence-electron chi connectivity index (χ0n) is 19.2. The van der Waals surface area contributed by atoms with Crippen LogP contribution in [0.4, 0.5) is 4.39 Å². The maximum absolute atomic E-state index is 13.6. The molecule has 0 spiro atoms. The minimum atomic E-state index is -0.366. The Bertz CT molecular complexity index is 1480. The summed E-state index contributed by atoms with van der Waals surface area (Å²) in [5.74, 6) is -0.574. The fourth-order valence-corrected chi connectivity index (χ4v) is 5.17. The number of carbonyl (C=O) groups is 1. The lowest BCUT2D eigenvalue weighted by molar-refractivity contribution is 0.0946. The monoisotopic (exact) mass is 525 g/mol. The fraction of sp³-hybridized carbons (Fsp3) is 0.129. The highest BCUT2D eigenvalue weighted by atomic mass is 79.9. The van der Waals surface area contributed by atoms with Crippen molar-refractivity contribution >= 4 is 33.9 Å². The Kier molecular flexibility index (Phi) is 6.91. The Balaban J connectivity index is 0.000000313. The molecule has 174 valence electrons. The van der Waals surface area contributed by atoms with Crippen LogP contribution in [0, 0.1) is 11.7 Å². The minimum Gasteiger partial charge on any atom is -0.368 e. The Hall–Kier alpha value is -3.50. The van der Waals surface area contributed by atoms with Gasteiger partial charge in [-0.2, -0.15) is 0 Å². The Labute approximate surface area is 213 Å². The van der Waals surface area contributed by atoms with E-state index in [9.17, 15) is 9.18 Å². The zero-order valence-corrected chi connectivity index (χ0v) is 20.8. The van der Waals surface area contributed by atoms with Crippen molar-refractivity contribution in [2.75, 3.05) is 0 Å². The summed E-state index contributed by atoms with van der Waals surface area (Å²) in [6.45, 7) is 0. The third kappa shape index (κ3) is 5.13. The third-order valence-electron chi connectivity index (χ3n) is 6.52. The first-order valence-corrected chi connectivity index (χ1v) is 12.6. The second-order valence-corrected chi connectivity index (χ2v) is 9.68. The first-order chi connectivity index (χ1) is 17.1. The SMILES string of the molecule is C1=CC=CNC=C1.O=C(c1cccc(F)c1)C1C=c2c(ccc3c2=CCc2ccc(Br)cc2-3)CC1. The van der Waals surface area contributed by atoms with Gasteiger partial charge in [-0.25, -0.2) is 4.39 Å². The van der Waals surface area contributed by atoms with Gasteiger partial charge in [-0.15, -0.1) is 0 Å². The van der Waals surface area contributed by atoms with E-state index in [-0.39, 0.29) is 17.5 Å². The van der Waals surface area contributed by atoms with Gasteiger partial charge in [0.2, 0.25) is 0 Å². The van der Waals surface area contributed by atoms with E-state index in [0.717, 1.165) is 23.7 Å². The van der Waals surface area contributed by atoms with Crippen LogP contribution in [0.25, 0.3) is 23.3 Å². The van der Waals surface area contributed by atoms with Crippen LogP contribution >= 0.6 is 15.9 Å². The van der Waals surface area contributed by atoms with E-state index in [2.05, 4.69) is 63.7 Å². The molecule has 3 aliphatic rings. The maximum Gasteiger partial charge on any atom is 0.169 e. The molecule has 2 aliphatic carbocycles. The van der Waals surface area contributed by atoms with Crippen molar-refractivity contribution < 1.29 is 9.18 Å². The molecule has 2 nitrogen and oxygen atoms in total. The van der Waals surface area contributed by atoms with Crippen LogP contribution < -0.4 is 15.8 Å². The van der Waals surface area contributed by atoms with Crippen molar-refractivity contribution in [2.45, 2.75) is 19.3 Å². The summed E-state index contributed by atoms with van der Waals surface area (Å²) < 4.78 is 14.6. The number of rotatable bonds is 2. The van der Waals surface area contributed by atoms with Crippen LogP contribution in [0.1, 0.15) is 27.9 Å². The standard InChI is InChI=1S/C25H18BrFO.C6H7N/c26-19-9-6-16-8-10-21-22(24(16)14-19)11-7-15-4-5-18(13-23(15)21)25(28)17-2-1-3-20(27)12-17;1-2-4-6-7-5-3-1/h1-3,6-7,9-14,18H,4-5,8H2;1-7H. The fourth-order valence-electron chi connectivity index (χ4n) is 4.80. The van der Waals surface area contributed by atoms with Crippen molar-refractivity contribution in [3.63, 3.8) is 0 Å². The number of benzene rings is 3. The molecular formula is C31H25BrFNO. The van der Waals surface area contributed by atoms with Gasteiger partial charge in [0.15, 0.2) is 5.78 Å².